The van der Waals surface area contributed by atoms with E-state index in [0.29, 0.717) is 11.4 Å². The second kappa shape index (κ2) is 6.89. The molecule has 3 heterocycles. The van der Waals surface area contributed by atoms with Gasteiger partial charge in [-0.05, 0) is 43.5 Å². The van der Waals surface area contributed by atoms with Gasteiger partial charge in [-0.25, -0.2) is 0 Å². The molecule has 1 saturated heterocycles. The molecule has 1 aliphatic rings. The van der Waals surface area contributed by atoms with Gasteiger partial charge in [-0.15, -0.1) is 0 Å². The number of hydrogen-bond acceptors (Lipinski definition) is 4. The SMILES string of the molecule is O=C(Nc1cccc2cccnc12)c1cc(N2CCCCC2)ccn1. The van der Waals surface area contributed by atoms with Gasteiger partial charge < -0.3 is 10.2 Å². The van der Waals surface area contributed by atoms with Crippen LogP contribution in [0.4, 0.5) is 11.4 Å². The average Bonchev–Trinajstić information content (AvgIpc) is 2.69. The number of aromatic nitrogens is 2. The van der Waals surface area contributed by atoms with Crippen LogP contribution in [0.1, 0.15) is 29.8 Å². The molecule has 126 valence electrons. The van der Waals surface area contributed by atoms with Gasteiger partial charge >= 0.3 is 0 Å². The Bertz CT molecular complexity index is 898. The number of para-hydroxylation sites is 1. The summed E-state index contributed by atoms with van der Waals surface area (Å²) in [5, 5.41) is 3.94. The highest BCUT2D eigenvalue weighted by molar-refractivity contribution is 6.07. The van der Waals surface area contributed by atoms with Crippen LogP contribution >= 0.6 is 0 Å². The monoisotopic (exact) mass is 332 g/mol. The van der Waals surface area contributed by atoms with Gasteiger partial charge in [-0.2, -0.15) is 0 Å². The summed E-state index contributed by atoms with van der Waals surface area (Å²) in [5.74, 6) is -0.211. The van der Waals surface area contributed by atoms with Crippen LogP contribution < -0.4 is 10.2 Å². The topological polar surface area (TPSA) is 58.1 Å². The lowest BCUT2D eigenvalue weighted by Crippen LogP contribution is -2.29. The molecule has 1 aromatic carbocycles. The van der Waals surface area contributed by atoms with Crippen LogP contribution in [0.15, 0.2) is 54.9 Å². The first kappa shape index (κ1) is 15.6. The van der Waals surface area contributed by atoms with Gasteiger partial charge in [0.2, 0.25) is 0 Å². The zero-order valence-corrected chi connectivity index (χ0v) is 14.0. The third kappa shape index (κ3) is 3.31. The highest BCUT2D eigenvalue weighted by Crippen LogP contribution is 2.23. The number of pyridine rings is 2. The van der Waals surface area contributed by atoms with Crippen molar-refractivity contribution in [3.8, 4) is 0 Å². The summed E-state index contributed by atoms with van der Waals surface area (Å²) >= 11 is 0. The minimum absolute atomic E-state index is 0.211. The van der Waals surface area contributed by atoms with Gasteiger partial charge in [0.25, 0.3) is 5.91 Å². The Labute approximate surface area is 146 Å². The molecule has 1 fully saturated rings. The second-order valence-electron chi connectivity index (χ2n) is 6.28. The molecule has 1 aliphatic heterocycles. The van der Waals surface area contributed by atoms with E-state index in [-0.39, 0.29) is 5.91 Å². The van der Waals surface area contributed by atoms with Crippen molar-refractivity contribution >= 4 is 28.2 Å². The first-order chi connectivity index (χ1) is 12.3. The van der Waals surface area contributed by atoms with Crippen molar-refractivity contribution in [1.82, 2.24) is 9.97 Å². The number of nitrogens with zero attached hydrogens (tertiary/aromatic N) is 3. The molecule has 5 nitrogen and oxygen atoms in total. The van der Waals surface area contributed by atoms with Crippen LogP contribution in [0.3, 0.4) is 0 Å². The lowest BCUT2D eigenvalue weighted by molar-refractivity contribution is 0.102. The van der Waals surface area contributed by atoms with Gasteiger partial charge in [0.1, 0.15) is 5.69 Å². The molecular weight excluding hydrogens is 312 g/mol. The Morgan fingerprint density at radius 3 is 2.68 bits per heavy atom. The summed E-state index contributed by atoms with van der Waals surface area (Å²) in [4.78, 5) is 23.6. The molecule has 5 heteroatoms. The molecule has 0 atom stereocenters. The van der Waals surface area contributed by atoms with Crippen molar-refractivity contribution < 1.29 is 4.79 Å². The zero-order chi connectivity index (χ0) is 17.1. The van der Waals surface area contributed by atoms with Crippen LogP contribution in [-0.4, -0.2) is 29.0 Å². The molecule has 0 spiro atoms. The van der Waals surface area contributed by atoms with Gasteiger partial charge in [-0.1, -0.05) is 18.2 Å². The number of amides is 1. The van der Waals surface area contributed by atoms with E-state index in [1.165, 1.54) is 19.3 Å². The fourth-order valence-electron chi connectivity index (χ4n) is 3.28. The van der Waals surface area contributed by atoms with Crippen LogP contribution in [0.25, 0.3) is 10.9 Å². The molecule has 1 N–H and O–H groups in total. The zero-order valence-electron chi connectivity index (χ0n) is 14.0. The van der Waals surface area contributed by atoms with E-state index in [1.807, 2.05) is 42.5 Å². The quantitative estimate of drug-likeness (QED) is 0.791. The number of benzene rings is 1. The first-order valence-corrected chi connectivity index (χ1v) is 8.67. The van der Waals surface area contributed by atoms with Crippen molar-refractivity contribution in [3.63, 3.8) is 0 Å². The minimum atomic E-state index is -0.211. The molecule has 4 rings (SSSR count). The summed E-state index contributed by atoms with van der Waals surface area (Å²) < 4.78 is 0. The highest BCUT2D eigenvalue weighted by atomic mass is 16.1. The number of nitrogens with one attached hydrogen (secondary N) is 1. The molecule has 0 saturated carbocycles. The molecule has 1 amide bonds. The Morgan fingerprint density at radius 2 is 1.80 bits per heavy atom. The number of carbonyl (C=O) groups excluding carboxylic acids is 1. The lowest BCUT2D eigenvalue weighted by atomic mass is 10.1. The highest BCUT2D eigenvalue weighted by Gasteiger charge is 2.15. The molecule has 25 heavy (non-hydrogen) atoms. The third-order valence-electron chi connectivity index (χ3n) is 4.58. The summed E-state index contributed by atoms with van der Waals surface area (Å²) in [7, 11) is 0. The summed E-state index contributed by atoms with van der Waals surface area (Å²) in [6, 6.07) is 13.5. The molecule has 0 unspecified atom stereocenters. The lowest BCUT2D eigenvalue weighted by Gasteiger charge is -2.28. The van der Waals surface area contributed by atoms with Gasteiger partial charge in [0.15, 0.2) is 0 Å². The van der Waals surface area contributed by atoms with Crippen molar-refractivity contribution in [1.29, 1.82) is 0 Å². The van der Waals surface area contributed by atoms with Crippen molar-refractivity contribution in [2.45, 2.75) is 19.3 Å². The number of anilines is 2. The van der Waals surface area contributed by atoms with Gasteiger partial charge in [0, 0.05) is 36.6 Å². The van der Waals surface area contributed by atoms with Gasteiger partial charge in [-0.3, -0.25) is 14.8 Å². The molecule has 3 aromatic rings. The van der Waals surface area contributed by atoms with Crippen molar-refractivity contribution in [2.75, 3.05) is 23.3 Å². The van der Waals surface area contributed by atoms with Crippen LogP contribution in [-0.2, 0) is 0 Å². The van der Waals surface area contributed by atoms with Crippen molar-refractivity contribution in [3.05, 3.63) is 60.6 Å². The van der Waals surface area contributed by atoms with E-state index < -0.39 is 0 Å². The number of piperidine rings is 1. The Balaban J connectivity index is 1.58. The molecular formula is C20H20N4O. The number of hydrogen-bond donors (Lipinski definition) is 1. The standard InChI is InChI=1S/C20H20N4O/c25-20(23-17-8-4-6-15-7-5-10-22-19(15)17)18-14-16(9-11-21-18)24-12-2-1-3-13-24/h4-11,14H,1-3,12-13H2,(H,23,25). The molecule has 0 aliphatic carbocycles. The maximum absolute atomic E-state index is 12.7. The Hall–Kier alpha value is -2.95. The molecule has 2 aromatic heterocycles. The largest absolute Gasteiger partial charge is 0.371 e. The van der Waals surface area contributed by atoms with Crippen LogP contribution in [0, 0.1) is 0 Å². The smallest absolute Gasteiger partial charge is 0.274 e. The minimum Gasteiger partial charge on any atom is -0.371 e. The number of fused-ring (bicyclic) bond motifs is 1. The van der Waals surface area contributed by atoms with E-state index in [1.54, 1.807) is 12.4 Å². The summed E-state index contributed by atoms with van der Waals surface area (Å²) in [5.41, 5.74) is 2.98. The van der Waals surface area contributed by atoms with E-state index >= 15 is 0 Å². The summed E-state index contributed by atoms with van der Waals surface area (Å²) in [6.45, 7) is 2.08. The van der Waals surface area contributed by atoms with Crippen LogP contribution in [0.2, 0.25) is 0 Å². The molecule has 0 radical (unpaired) electrons. The van der Waals surface area contributed by atoms with Crippen LogP contribution in [0.5, 0.6) is 0 Å². The van der Waals surface area contributed by atoms with Gasteiger partial charge in [0.05, 0.1) is 11.2 Å². The van der Waals surface area contributed by atoms with E-state index in [9.17, 15) is 4.79 Å². The Morgan fingerprint density at radius 1 is 0.960 bits per heavy atom. The van der Waals surface area contributed by atoms with E-state index in [0.717, 1.165) is 29.7 Å². The maximum atomic E-state index is 12.7. The average molecular weight is 332 g/mol. The van der Waals surface area contributed by atoms with E-state index in [2.05, 4.69) is 20.2 Å². The Kier molecular flexibility index (Phi) is 4.29. The third-order valence-corrected chi connectivity index (χ3v) is 4.58. The maximum Gasteiger partial charge on any atom is 0.274 e. The number of rotatable bonds is 3. The second-order valence-corrected chi connectivity index (χ2v) is 6.28. The molecule has 0 bridgehead atoms. The fraction of sp³-hybridized carbons (Fsp3) is 0.250. The fourth-order valence-corrected chi connectivity index (χ4v) is 3.28. The normalized spacial score (nSPS) is 14.5. The van der Waals surface area contributed by atoms with E-state index in [4.69, 9.17) is 0 Å². The predicted octanol–water partition coefficient (Wildman–Crippen LogP) is 3.87. The number of carbonyl (C=O) groups is 1. The van der Waals surface area contributed by atoms with Crippen molar-refractivity contribution in [2.24, 2.45) is 0 Å². The predicted molar refractivity (Wildman–Crippen MR) is 100.0 cm³/mol. The summed E-state index contributed by atoms with van der Waals surface area (Å²) in [6.07, 6.45) is 7.12. The first-order valence-electron chi connectivity index (χ1n) is 8.67.